The second-order valence-corrected chi connectivity index (χ2v) is 5.05. The predicted molar refractivity (Wildman–Crippen MR) is 81.7 cm³/mol. The first-order valence-corrected chi connectivity index (χ1v) is 7.57. The summed E-state index contributed by atoms with van der Waals surface area (Å²) in [7, 11) is 0. The lowest BCUT2D eigenvalue weighted by atomic mass is 10.1. The summed E-state index contributed by atoms with van der Waals surface area (Å²) in [4.78, 5) is 10.8. The van der Waals surface area contributed by atoms with Crippen LogP contribution in [0.25, 0.3) is 0 Å². The van der Waals surface area contributed by atoms with Crippen molar-refractivity contribution < 1.29 is 14.6 Å². The fourth-order valence-corrected chi connectivity index (χ4v) is 2.11. The first-order valence-electron chi connectivity index (χ1n) is 7.57. The molecule has 0 radical (unpaired) electrons. The van der Waals surface area contributed by atoms with Crippen LogP contribution in [-0.2, 0) is 9.53 Å². The van der Waals surface area contributed by atoms with Gasteiger partial charge in [0.25, 0.3) is 0 Å². The van der Waals surface area contributed by atoms with Crippen molar-refractivity contribution in [2.24, 2.45) is 0 Å². The van der Waals surface area contributed by atoms with E-state index >= 15 is 0 Å². The zero-order chi connectivity index (χ0) is 14.5. The summed E-state index contributed by atoms with van der Waals surface area (Å²) in [5, 5.41) is 8.89. The Morgan fingerprint density at radius 2 is 1.65 bits per heavy atom. The molecule has 20 heavy (non-hydrogen) atoms. The monoisotopic (exact) mass is 278 g/mol. The zero-order valence-corrected chi connectivity index (χ0v) is 12.2. The molecule has 0 bridgehead atoms. The standard InChI is InChI=1S/C17H26O3/c18-17(19)15-16-13-11-9-7-5-3-1-2-4-6-8-10-12-14-20-16/h1,3-4,6-7,9,16H,2,5,8,10-15H2,(H,18,19)/b3-1-,6-4-,9-7-. The fourth-order valence-electron chi connectivity index (χ4n) is 2.11. The van der Waals surface area contributed by atoms with Crippen LogP contribution in [0.4, 0.5) is 0 Å². The summed E-state index contributed by atoms with van der Waals surface area (Å²) in [6.07, 6.45) is 19.7. The van der Waals surface area contributed by atoms with Gasteiger partial charge in [0.1, 0.15) is 0 Å². The highest BCUT2D eigenvalue weighted by molar-refractivity contribution is 5.67. The van der Waals surface area contributed by atoms with Gasteiger partial charge < -0.3 is 9.84 Å². The van der Waals surface area contributed by atoms with E-state index in [4.69, 9.17) is 9.84 Å². The van der Waals surface area contributed by atoms with Crippen LogP contribution in [0.3, 0.4) is 0 Å². The number of aliphatic carboxylic acids is 1. The van der Waals surface area contributed by atoms with E-state index in [2.05, 4.69) is 36.5 Å². The molecule has 0 aliphatic carbocycles. The molecule has 0 fully saturated rings. The van der Waals surface area contributed by atoms with Gasteiger partial charge in [-0.15, -0.1) is 0 Å². The average molecular weight is 278 g/mol. The third-order valence-electron chi connectivity index (χ3n) is 3.22. The Balaban J connectivity index is 2.43. The molecule has 1 aliphatic heterocycles. The van der Waals surface area contributed by atoms with Crippen LogP contribution in [0.2, 0.25) is 0 Å². The van der Waals surface area contributed by atoms with Gasteiger partial charge in [0.2, 0.25) is 0 Å². The Morgan fingerprint density at radius 1 is 1.00 bits per heavy atom. The van der Waals surface area contributed by atoms with E-state index in [-0.39, 0.29) is 12.5 Å². The van der Waals surface area contributed by atoms with E-state index in [0.717, 1.165) is 44.9 Å². The Bertz CT molecular complexity index is 342. The summed E-state index contributed by atoms with van der Waals surface area (Å²) >= 11 is 0. The molecule has 0 aromatic carbocycles. The van der Waals surface area contributed by atoms with E-state index in [1.165, 1.54) is 0 Å². The molecule has 3 heteroatoms. The van der Waals surface area contributed by atoms with Gasteiger partial charge in [0.15, 0.2) is 0 Å². The Morgan fingerprint density at radius 3 is 2.35 bits per heavy atom. The van der Waals surface area contributed by atoms with Gasteiger partial charge in [-0.2, -0.15) is 0 Å². The van der Waals surface area contributed by atoms with Crippen molar-refractivity contribution in [1.29, 1.82) is 0 Å². The molecule has 0 amide bonds. The van der Waals surface area contributed by atoms with Gasteiger partial charge >= 0.3 is 5.97 Å². The lowest BCUT2D eigenvalue weighted by molar-refractivity contribution is -0.140. The molecule has 1 atom stereocenters. The first-order chi connectivity index (χ1) is 9.79. The van der Waals surface area contributed by atoms with E-state index in [1.54, 1.807) is 0 Å². The van der Waals surface area contributed by atoms with Crippen LogP contribution < -0.4 is 0 Å². The number of rotatable bonds is 2. The molecule has 0 aromatic rings. The molecule has 3 nitrogen and oxygen atoms in total. The molecule has 1 heterocycles. The van der Waals surface area contributed by atoms with Crippen LogP contribution in [0.1, 0.15) is 51.4 Å². The van der Waals surface area contributed by atoms with Crippen LogP contribution >= 0.6 is 0 Å². The largest absolute Gasteiger partial charge is 0.481 e. The number of hydrogen-bond donors (Lipinski definition) is 1. The SMILES string of the molecule is O=C(O)CC1CC/C=C\C/C=C\C/C=C\CCCCO1. The number of carbonyl (C=O) groups is 1. The average Bonchev–Trinajstić information content (AvgIpc) is 2.40. The normalized spacial score (nSPS) is 27.5. The van der Waals surface area contributed by atoms with Crippen molar-refractivity contribution in [3.8, 4) is 0 Å². The van der Waals surface area contributed by atoms with Gasteiger partial charge in [-0.25, -0.2) is 0 Å². The smallest absolute Gasteiger partial charge is 0.305 e. The molecule has 1 N–H and O–H groups in total. The van der Waals surface area contributed by atoms with Crippen molar-refractivity contribution in [2.45, 2.75) is 57.5 Å². The molecular weight excluding hydrogens is 252 g/mol. The predicted octanol–water partition coefficient (Wildman–Crippen LogP) is 4.26. The molecule has 0 saturated heterocycles. The molecule has 0 spiro atoms. The molecule has 0 aromatic heterocycles. The number of ether oxygens (including phenoxy) is 1. The van der Waals surface area contributed by atoms with Crippen LogP contribution in [0.15, 0.2) is 36.5 Å². The minimum Gasteiger partial charge on any atom is -0.481 e. The summed E-state index contributed by atoms with van der Waals surface area (Å²) < 4.78 is 5.70. The maximum absolute atomic E-state index is 10.8. The lowest BCUT2D eigenvalue weighted by Gasteiger charge is -2.15. The maximum atomic E-state index is 10.8. The third-order valence-corrected chi connectivity index (χ3v) is 3.22. The second kappa shape index (κ2) is 11.5. The van der Waals surface area contributed by atoms with Gasteiger partial charge in [0.05, 0.1) is 12.5 Å². The molecule has 1 unspecified atom stereocenters. The Labute approximate surface area is 122 Å². The lowest BCUT2D eigenvalue weighted by Crippen LogP contribution is -2.18. The van der Waals surface area contributed by atoms with Crippen molar-refractivity contribution in [3.05, 3.63) is 36.5 Å². The topological polar surface area (TPSA) is 46.5 Å². The van der Waals surface area contributed by atoms with Crippen LogP contribution in [0, 0.1) is 0 Å². The molecule has 1 rings (SSSR count). The highest BCUT2D eigenvalue weighted by Gasteiger charge is 2.12. The molecule has 1 aliphatic rings. The summed E-state index contributed by atoms with van der Waals surface area (Å²) in [6.45, 7) is 0.662. The number of hydrogen-bond acceptors (Lipinski definition) is 2. The van der Waals surface area contributed by atoms with E-state index < -0.39 is 5.97 Å². The quantitative estimate of drug-likeness (QED) is 0.768. The van der Waals surface area contributed by atoms with Crippen molar-refractivity contribution >= 4 is 5.97 Å². The summed E-state index contributed by atoms with van der Waals surface area (Å²) in [6, 6.07) is 0. The van der Waals surface area contributed by atoms with Gasteiger partial charge in [0, 0.05) is 6.61 Å². The Hall–Kier alpha value is -1.35. The van der Waals surface area contributed by atoms with Gasteiger partial charge in [-0.3, -0.25) is 4.79 Å². The molecule has 112 valence electrons. The van der Waals surface area contributed by atoms with Crippen LogP contribution in [0.5, 0.6) is 0 Å². The van der Waals surface area contributed by atoms with Gasteiger partial charge in [-0.1, -0.05) is 36.5 Å². The molecular formula is C17H26O3. The maximum Gasteiger partial charge on any atom is 0.305 e. The van der Waals surface area contributed by atoms with E-state index in [0.29, 0.717) is 6.61 Å². The van der Waals surface area contributed by atoms with Gasteiger partial charge in [-0.05, 0) is 44.9 Å². The van der Waals surface area contributed by atoms with Crippen molar-refractivity contribution in [2.75, 3.05) is 6.61 Å². The third kappa shape index (κ3) is 9.56. The minimum absolute atomic E-state index is 0.105. The first kappa shape index (κ1) is 16.7. The van der Waals surface area contributed by atoms with Crippen molar-refractivity contribution in [3.63, 3.8) is 0 Å². The van der Waals surface area contributed by atoms with Crippen LogP contribution in [-0.4, -0.2) is 23.8 Å². The van der Waals surface area contributed by atoms with E-state index in [1.807, 2.05) is 0 Å². The second-order valence-electron chi connectivity index (χ2n) is 5.05. The fraction of sp³-hybridized carbons (Fsp3) is 0.588. The number of carboxylic acids is 1. The van der Waals surface area contributed by atoms with E-state index in [9.17, 15) is 4.79 Å². The Kier molecular flexibility index (Phi) is 9.58. The highest BCUT2D eigenvalue weighted by atomic mass is 16.5. The summed E-state index contributed by atoms with van der Waals surface area (Å²) in [5.41, 5.74) is 0. The minimum atomic E-state index is -0.778. The summed E-state index contributed by atoms with van der Waals surface area (Å²) in [5.74, 6) is -0.778. The number of allylic oxidation sites excluding steroid dienone is 6. The van der Waals surface area contributed by atoms with Crippen molar-refractivity contribution in [1.82, 2.24) is 0 Å². The number of carboxylic acid groups (broad SMARTS) is 1. The molecule has 0 saturated carbocycles. The highest BCUT2D eigenvalue weighted by Crippen LogP contribution is 2.10. The zero-order valence-electron chi connectivity index (χ0n) is 12.2.